The molecule has 0 radical (unpaired) electrons. The second-order valence-corrected chi connectivity index (χ2v) is 6.69. The smallest absolute Gasteiger partial charge is 0.311 e. The highest BCUT2D eigenvalue weighted by atomic mass is 79.9. The van der Waals surface area contributed by atoms with Crippen molar-refractivity contribution >= 4 is 44.3 Å². The molecule has 0 aliphatic rings. The average Bonchev–Trinajstić information content (AvgIpc) is 3.05. The van der Waals surface area contributed by atoms with Crippen LogP contribution in [0, 0.1) is 10.1 Å². The van der Waals surface area contributed by atoms with Crippen LogP contribution in [0.25, 0.3) is 11.3 Å². The van der Waals surface area contributed by atoms with Gasteiger partial charge in [-0.2, -0.15) is 5.10 Å². The molecule has 25 heavy (non-hydrogen) atoms. The number of nitro groups is 1. The largest absolute Gasteiger partial charge is 0.502 e. The Labute approximate surface area is 155 Å². The van der Waals surface area contributed by atoms with Gasteiger partial charge >= 0.3 is 5.69 Å². The lowest BCUT2D eigenvalue weighted by molar-refractivity contribution is -0.385. The number of aromatic hydroxyl groups is 1. The highest BCUT2D eigenvalue weighted by Gasteiger charge is 2.12. The van der Waals surface area contributed by atoms with Crippen molar-refractivity contribution in [3.05, 3.63) is 68.0 Å². The Kier molecular flexibility index (Phi) is 5.05. The molecule has 9 heteroatoms. The van der Waals surface area contributed by atoms with E-state index in [0.717, 1.165) is 15.7 Å². The third-order valence-electron chi connectivity index (χ3n) is 3.21. The SMILES string of the molecule is O=[N+]([O-])c1cc(/C=N/Nc2nc(-c3ccc(Br)cc3)cs2)ccc1O. The Morgan fingerprint density at radius 1 is 1.28 bits per heavy atom. The first-order valence-electron chi connectivity index (χ1n) is 7.01. The monoisotopic (exact) mass is 418 g/mol. The third-order valence-corrected chi connectivity index (χ3v) is 4.49. The number of hydrogen-bond donors (Lipinski definition) is 2. The van der Waals surface area contributed by atoms with Crippen molar-refractivity contribution in [2.45, 2.75) is 0 Å². The normalized spacial score (nSPS) is 10.9. The van der Waals surface area contributed by atoms with Gasteiger partial charge in [0, 0.05) is 27.0 Å². The van der Waals surface area contributed by atoms with Crippen LogP contribution < -0.4 is 5.43 Å². The summed E-state index contributed by atoms with van der Waals surface area (Å²) in [6, 6.07) is 11.8. The molecule has 0 unspecified atom stereocenters. The van der Waals surface area contributed by atoms with Crippen molar-refractivity contribution in [1.29, 1.82) is 0 Å². The van der Waals surface area contributed by atoms with Crippen LogP contribution in [0.1, 0.15) is 5.56 Å². The molecule has 0 bridgehead atoms. The Morgan fingerprint density at radius 3 is 2.76 bits per heavy atom. The van der Waals surface area contributed by atoms with Crippen LogP contribution >= 0.6 is 27.3 Å². The maximum absolute atomic E-state index is 10.8. The van der Waals surface area contributed by atoms with E-state index in [0.29, 0.717) is 10.7 Å². The predicted molar refractivity (Wildman–Crippen MR) is 101 cm³/mol. The van der Waals surface area contributed by atoms with Gasteiger partial charge in [0.15, 0.2) is 5.75 Å². The first kappa shape index (κ1) is 17.1. The molecule has 3 rings (SSSR count). The molecule has 0 saturated heterocycles. The topological polar surface area (TPSA) is 101 Å². The first-order chi connectivity index (χ1) is 12.0. The summed E-state index contributed by atoms with van der Waals surface area (Å²) < 4.78 is 0.998. The predicted octanol–water partition coefficient (Wildman–Crippen LogP) is 4.63. The van der Waals surface area contributed by atoms with E-state index < -0.39 is 4.92 Å². The molecule has 0 fully saturated rings. The summed E-state index contributed by atoms with van der Waals surface area (Å²) >= 11 is 4.79. The molecule has 0 amide bonds. The summed E-state index contributed by atoms with van der Waals surface area (Å²) in [7, 11) is 0. The Bertz CT molecular complexity index is 941. The van der Waals surface area contributed by atoms with Crippen LogP contribution in [-0.2, 0) is 0 Å². The lowest BCUT2D eigenvalue weighted by Crippen LogP contribution is -1.93. The minimum atomic E-state index is -0.647. The highest BCUT2D eigenvalue weighted by molar-refractivity contribution is 9.10. The minimum Gasteiger partial charge on any atom is -0.502 e. The van der Waals surface area contributed by atoms with E-state index in [-0.39, 0.29) is 11.4 Å². The summed E-state index contributed by atoms with van der Waals surface area (Å²) in [5, 5.41) is 26.8. The maximum atomic E-state index is 10.8. The van der Waals surface area contributed by atoms with Gasteiger partial charge in [-0.1, -0.05) is 28.1 Å². The van der Waals surface area contributed by atoms with E-state index in [4.69, 9.17) is 0 Å². The fourth-order valence-electron chi connectivity index (χ4n) is 2.01. The standard InChI is InChI=1S/C16H11BrN4O3S/c17-12-4-2-11(3-5-12)13-9-25-16(19-13)20-18-8-10-1-6-15(22)14(7-10)21(23)24/h1-9,22H,(H,19,20)/b18-8+. The number of phenols is 1. The molecule has 1 heterocycles. The summed E-state index contributed by atoms with van der Waals surface area (Å²) in [5.41, 5.74) is 4.74. The molecule has 1 aromatic heterocycles. The molecule has 0 spiro atoms. The Hall–Kier alpha value is -2.78. The average molecular weight is 419 g/mol. The summed E-state index contributed by atoms with van der Waals surface area (Å²) in [6.45, 7) is 0. The summed E-state index contributed by atoms with van der Waals surface area (Å²) in [6.07, 6.45) is 1.42. The molecule has 0 aliphatic carbocycles. The van der Waals surface area contributed by atoms with Crippen LogP contribution in [-0.4, -0.2) is 21.2 Å². The van der Waals surface area contributed by atoms with Crippen LogP contribution in [0.4, 0.5) is 10.8 Å². The second kappa shape index (κ2) is 7.41. The Balaban J connectivity index is 1.70. The molecule has 2 aromatic carbocycles. The fourth-order valence-corrected chi connectivity index (χ4v) is 2.94. The van der Waals surface area contributed by atoms with E-state index in [1.54, 1.807) is 0 Å². The van der Waals surface area contributed by atoms with E-state index in [1.165, 1.54) is 35.8 Å². The molecule has 7 nitrogen and oxygen atoms in total. The van der Waals surface area contributed by atoms with Gasteiger partial charge in [0.1, 0.15) is 0 Å². The van der Waals surface area contributed by atoms with Crippen LogP contribution in [0.2, 0.25) is 0 Å². The third kappa shape index (κ3) is 4.20. The maximum Gasteiger partial charge on any atom is 0.311 e. The number of thiazole rings is 1. The van der Waals surface area contributed by atoms with Crippen molar-refractivity contribution in [3.63, 3.8) is 0 Å². The molecule has 0 aliphatic heterocycles. The number of nitro benzene ring substituents is 1. The van der Waals surface area contributed by atoms with Gasteiger partial charge in [-0.25, -0.2) is 4.98 Å². The molecule has 2 N–H and O–H groups in total. The van der Waals surface area contributed by atoms with Crippen LogP contribution in [0.3, 0.4) is 0 Å². The fraction of sp³-hybridized carbons (Fsp3) is 0. The number of nitrogens with one attached hydrogen (secondary N) is 1. The summed E-state index contributed by atoms with van der Waals surface area (Å²) in [5.74, 6) is -0.380. The quantitative estimate of drug-likeness (QED) is 0.357. The number of aromatic nitrogens is 1. The lowest BCUT2D eigenvalue weighted by atomic mass is 10.2. The molecule has 0 saturated carbocycles. The van der Waals surface area contributed by atoms with Gasteiger partial charge in [-0.3, -0.25) is 15.5 Å². The molecule has 126 valence electrons. The number of benzene rings is 2. The van der Waals surface area contributed by atoms with Crippen LogP contribution in [0.5, 0.6) is 5.75 Å². The molecule has 3 aromatic rings. The zero-order valence-corrected chi connectivity index (χ0v) is 15.0. The van der Waals surface area contributed by atoms with Gasteiger partial charge in [0.05, 0.1) is 16.8 Å². The first-order valence-corrected chi connectivity index (χ1v) is 8.68. The van der Waals surface area contributed by atoms with E-state index in [9.17, 15) is 15.2 Å². The zero-order chi connectivity index (χ0) is 17.8. The number of anilines is 1. The van der Waals surface area contributed by atoms with E-state index >= 15 is 0 Å². The van der Waals surface area contributed by atoms with Gasteiger partial charge in [-0.05, 0) is 24.3 Å². The highest BCUT2D eigenvalue weighted by Crippen LogP contribution is 2.27. The van der Waals surface area contributed by atoms with Crippen molar-refractivity contribution in [2.24, 2.45) is 5.10 Å². The number of rotatable bonds is 5. The molecular weight excluding hydrogens is 408 g/mol. The van der Waals surface area contributed by atoms with Gasteiger partial charge in [0.25, 0.3) is 0 Å². The number of phenolic OH excluding ortho intramolecular Hbond substituents is 1. The molecule has 0 atom stereocenters. The zero-order valence-electron chi connectivity index (χ0n) is 12.6. The van der Waals surface area contributed by atoms with Crippen LogP contribution in [0.15, 0.2) is 57.4 Å². The van der Waals surface area contributed by atoms with Crippen molar-refractivity contribution in [2.75, 3.05) is 5.43 Å². The lowest BCUT2D eigenvalue weighted by Gasteiger charge is -1.98. The van der Waals surface area contributed by atoms with Gasteiger partial charge < -0.3 is 5.11 Å². The number of halogens is 1. The number of nitrogens with zero attached hydrogens (tertiary/aromatic N) is 3. The number of hydrazone groups is 1. The van der Waals surface area contributed by atoms with E-state index in [1.807, 2.05) is 29.6 Å². The minimum absolute atomic E-state index is 0.365. The van der Waals surface area contributed by atoms with E-state index in [2.05, 4.69) is 31.4 Å². The van der Waals surface area contributed by atoms with Crippen molar-refractivity contribution in [1.82, 2.24) is 4.98 Å². The van der Waals surface area contributed by atoms with Crippen molar-refractivity contribution in [3.8, 4) is 17.0 Å². The van der Waals surface area contributed by atoms with Crippen molar-refractivity contribution < 1.29 is 10.0 Å². The number of hydrogen-bond acceptors (Lipinski definition) is 7. The second-order valence-electron chi connectivity index (χ2n) is 4.92. The van der Waals surface area contributed by atoms with Gasteiger partial charge in [0.2, 0.25) is 5.13 Å². The van der Waals surface area contributed by atoms with Gasteiger partial charge in [-0.15, -0.1) is 11.3 Å². The Morgan fingerprint density at radius 2 is 2.04 bits per heavy atom. The molecular formula is C16H11BrN4O3S. The summed E-state index contributed by atoms with van der Waals surface area (Å²) in [4.78, 5) is 14.6.